The molecule has 2 heteroatoms. The highest BCUT2D eigenvalue weighted by atomic mass is 16.5. The predicted octanol–water partition coefficient (Wildman–Crippen LogP) is 3.37. The van der Waals surface area contributed by atoms with E-state index in [4.69, 9.17) is 9.47 Å². The quantitative estimate of drug-likeness (QED) is 0.700. The van der Waals surface area contributed by atoms with Crippen LogP contribution in [0.4, 0.5) is 0 Å². The van der Waals surface area contributed by atoms with Gasteiger partial charge in [-0.05, 0) is 24.1 Å². The van der Waals surface area contributed by atoms with E-state index >= 15 is 0 Å². The van der Waals surface area contributed by atoms with Crippen LogP contribution in [0.5, 0.6) is 11.5 Å². The standard InChI is InChI=1S/C16H14O2/c1-3-7-14-11(5-1)9-12-10-17-15-8-4-2-6-13(15)16(12)18-14/h1-8,12,16H,9-10H2/t12-,16-/m0/s1. The number of hydrogen-bond acceptors (Lipinski definition) is 2. The van der Waals surface area contributed by atoms with Gasteiger partial charge in [-0.3, -0.25) is 0 Å². The molecule has 90 valence electrons. The first kappa shape index (κ1) is 10.0. The zero-order valence-electron chi connectivity index (χ0n) is 10.0. The van der Waals surface area contributed by atoms with Crippen molar-refractivity contribution in [1.82, 2.24) is 0 Å². The van der Waals surface area contributed by atoms with Gasteiger partial charge in [0.15, 0.2) is 0 Å². The highest BCUT2D eigenvalue weighted by Crippen LogP contribution is 2.44. The molecule has 2 aliphatic heterocycles. The van der Waals surface area contributed by atoms with Gasteiger partial charge in [0.1, 0.15) is 17.6 Å². The van der Waals surface area contributed by atoms with Crippen molar-refractivity contribution in [2.75, 3.05) is 6.61 Å². The first-order valence-electron chi connectivity index (χ1n) is 6.38. The van der Waals surface area contributed by atoms with Crippen LogP contribution in [0.25, 0.3) is 0 Å². The third-order valence-corrected chi connectivity index (χ3v) is 3.82. The van der Waals surface area contributed by atoms with E-state index in [1.165, 1.54) is 11.1 Å². The molecule has 0 aliphatic carbocycles. The number of hydrogen-bond donors (Lipinski definition) is 0. The smallest absolute Gasteiger partial charge is 0.134 e. The molecule has 0 fully saturated rings. The van der Waals surface area contributed by atoms with E-state index in [1.54, 1.807) is 0 Å². The summed E-state index contributed by atoms with van der Waals surface area (Å²) in [5.74, 6) is 2.42. The minimum Gasteiger partial charge on any atom is -0.493 e. The molecule has 0 N–H and O–H groups in total. The second kappa shape index (κ2) is 3.77. The summed E-state index contributed by atoms with van der Waals surface area (Å²) in [6.45, 7) is 0.746. The van der Waals surface area contributed by atoms with Crippen molar-refractivity contribution in [3.05, 3.63) is 59.7 Å². The molecular weight excluding hydrogens is 224 g/mol. The molecule has 0 spiro atoms. The van der Waals surface area contributed by atoms with Crippen LogP contribution < -0.4 is 9.47 Å². The van der Waals surface area contributed by atoms with Gasteiger partial charge in [-0.2, -0.15) is 0 Å². The van der Waals surface area contributed by atoms with E-state index < -0.39 is 0 Å². The molecule has 0 aromatic heterocycles. The molecule has 2 aromatic rings. The maximum absolute atomic E-state index is 6.18. The molecule has 0 unspecified atom stereocenters. The Morgan fingerprint density at radius 2 is 1.67 bits per heavy atom. The maximum Gasteiger partial charge on any atom is 0.134 e. The average molecular weight is 238 g/mol. The molecule has 2 aromatic carbocycles. The minimum absolute atomic E-state index is 0.143. The van der Waals surface area contributed by atoms with Crippen LogP contribution in [0.3, 0.4) is 0 Å². The maximum atomic E-state index is 6.18. The Morgan fingerprint density at radius 3 is 2.61 bits per heavy atom. The van der Waals surface area contributed by atoms with E-state index in [0.29, 0.717) is 5.92 Å². The van der Waals surface area contributed by atoms with Gasteiger partial charge in [-0.25, -0.2) is 0 Å². The van der Waals surface area contributed by atoms with Gasteiger partial charge in [0.2, 0.25) is 0 Å². The molecule has 0 bridgehead atoms. The van der Waals surface area contributed by atoms with Crippen LogP contribution in [0.2, 0.25) is 0 Å². The van der Waals surface area contributed by atoms with Crippen molar-refractivity contribution >= 4 is 0 Å². The lowest BCUT2D eigenvalue weighted by Crippen LogP contribution is -2.34. The van der Waals surface area contributed by atoms with Gasteiger partial charge in [0.25, 0.3) is 0 Å². The SMILES string of the molecule is c1ccc2c(c1)C[C@H]1COc3ccccc3[C@H]1O2. The molecule has 0 saturated heterocycles. The first-order valence-corrected chi connectivity index (χ1v) is 6.38. The van der Waals surface area contributed by atoms with Crippen LogP contribution in [0.15, 0.2) is 48.5 Å². The third kappa shape index (κ3) is 1.42. The Morgan fingerprint density at radius 1 is 0.889 bits per heavy atom. The Kier molecular flexibility index (Phi) is 2.10. The van der Waals surface area contributed by atoms with Crippen molar-refractivity contribution in [3.63, 3.8) is 0 Å². The lowest BCUT2D eigenvalue weighted by Gasteiger charge is -2.37. The fourth-order valence-corrected chi connectivity index (χ4v) is 2.92. The van der Waals surface area contributed by atoms with Crippen LogP contribution in [0, 0.1) is 5.92 Å². The summed E-state index contributed by atoms with van der Waals surface area (Å²) in [7, 11) is 0. The zero-order chi connectivity index (χ0) is 11.9. The summed E-state index contributed by atoms with van der Waals surface area (Å²) < 4.78 is 12.0. The van der Waals surface area contributed by atoms with Crippen LogP contribution >= 0.6 is 0 Å². The molecule has 18 heavy (non-hydrogen) atoms. The number of benzene rings is 2. The molecule has 4 rings (SSSR count). The predicted molar refractivity (Wildman–Crippen MR) is 68.9 cm³/mol. The summed E-state index contributed by atoms with van der Waals surface area (Å²) in [5, 5.41) is 0. The zero-order valence-corrected chi connectivity index (χ0v) is 10.0. The Hall–Kier alpha value is -1.96. The monoisotopic (exact) mass is 238 g/mol. The lowest BCUT2D eigenvalue weighted by molar-refractivity contribution is 0.0544. The van der Waals surface area contributed by atoms with Crippen LogP contribution in [-0.4, -0.2) is 6.61 Å². The molecule has 2 atom stereocenters. The van der Waals surface area contributed by atoms with Gasteiger partial charge in [0, 0.05) is 11.5 Å². The average Bonchev–Trinajstić information content (AvgIpc) is 2.45. The van der Waals surface area contributed by atoms with Crippen molar-refractivity contribution in [1.29, 1.82) is 0 Å². The summed E-state index contributed by atoms with van der Waals surface area (Å²) in [6.07, 6.45) is 1.18. The topological polar surface area (TPSA) is 18.5 Å². The third-order valence-electron chi connectivity index (χ3n) is 3.82. The lowest BCUT2D eigenvalue weighted by atomic mass is 9.85. The van der Waals surface area contributed by atoms with Gasteiger partial charge in [-0.1, -0.05) is 36.4 Å². The molecule has 0 amide bonds. The van der Waals surface area contributed by atoms with E-state index in [2.05, 4.69) is 30.3 Å². The fourth-order valence-electron chi connectivity index (χ4n) is 2.92. The summed E-state index contributed by atoms with van der Waals surface area (Å²) in [5.41, 5.74) is 2.48. The van der Waals surface area contributed by atoms with Crippen molar-refractivity contribution in [2.45, 2.75) is 12.5 Å². The van der Waals surface area contributed by atoms with Crippen molar-refractivity contribution in [2.24, 2.45) is 5.92 Å². The molecular formula is C16H14O2. The van der Waals surface area contributed by atoms with Gasteiger partial charge in [-0.15, -0.1) is 0 Å². The molecule has 2 heterocycles. The Balaban J connectivity index is 1.79. The molecule has 0 radical (unpaired) electrons. The number of para-hydroxylation sites is 2. The molecule has 2 nitrogen and oxygen atoms in total. The highest BCUT2D eigenvalue weighted by Gasteiger charge is 2.36. The van der Waals surface area contributed by atoms with Crippen molar-refractivity contribution < 1.29 is 9.47 Å². The second-order valence-electron chi connectivity index (χ2n) is 4.96. The van der Waals surface area contributed by atoms with Crippen LogP contribution in [0.1, 0.15) is 17.2 Å². The molecule has 0 saturated carbocycles. The normalized spacial score (nSPS) is 24.0. The first-order chi connectivity index (χ1) is 8.92. The van der Waals surface area contributed by atoms with E-state index in [-0.39, 0.29) is 6.10 Å². The fraction of sp³-hybridized carbons (Fsp3) is 0.250. The van der Waals surface area contributed by atoms with E-state index in [9.17, 15) is 0 Å². The van der Waals surface area contributed by atoms with Gasteiger partial charge in [0.05, 0.1) is 6.61 Å². The minimum atomic E-state index is 0.143. The Labute approximate surface area is 106 Å². The summed E-state index contributed by atoms with van der Waals surface area (Å²) >= 11 is 0. The van der Waals surface area contributed by atoms with E-state index in [1.807, 2.05) is 18.2 Å². The van der Waals surface area contributed by atoms with Gasteiger partial charge >= 0.3 is 0 Å². The number of fused-ring (bicyclic) bond motifs is 4. The molecule has 2 aliphatic rings. The Bertz CT molecular complexity index is 591. The highest BCUT2D eigenvalue weighted by molar-refractivity contribution is 5.42. The number of rotatable bonds is 0. The summed E-state index contributed by atoms with van der Waals surface area (Å²) in [6, 6.07) is 16.5. The second-order valence-corrected chi connectivity index (χ2v) is 4.96. The van der Waals surface area contributed by atoms with Crippen molar-refractivity contribution in [3.8, 4) is 11.5 Å². The number of ether oxygens (including phenoxy) is 2. The van der Waals surface area contributed by atoms with Crippen LogP contribution in [-0.2, 0) is 6.42 Å². The summed E-state index contributed by atoms with van der Waals surface area (Å²) in [4.78, 5) is 0. The van der Waals surface area contributed by atoms with Gasteiger partial charge < -0.3 is 9.47 Å². The van der Waals surface area contributed by atoms with E-state index in [0.717, 1.165) is 24.5 Å². The largest absolute Gasteiger partial charge is 0.493 e.